The average molecular weight is 271 g/mol. The van der Waals surface area contributed by atoms with Gasteiger partial charge in [-0.2, -0.15) is 0 Å². The van der Waals surface area contributed by atoms with E-state index in [1.807, 2.05) is 24.3 Å². The van der Waals surface area contributed by atoms with Crippen LogP contribution in [-0.4, -0.2) is 34.1 Å². The number of nitrogens with zero attached hydrogens (tertiary/aromatic N) is 3. The largest absolute Gasteiger partial charge is 0.303 e. The molecule has 0 N–H and O–H groups in total. The van der Waals surface area contributed by atoms with Crippen molar-refractivity contribution in [3.05, 3.63) is 40.9 Å². The predicted octanol–water partition coefficient (Wildman–Crippen LogP) is 2.27. The molecule has 0 saturated carbocycles. The predicted molar refractivity (Wildman–Crippen MR) is 80.9 cm³/mol. The molecule has 1 aromatic heterocycles. The first-order chi connectivity index (χ1) is 9.84. The van der Waals surface area contributed by atoms with Crippen LogP contribution in [0.15, 0.2) is 35.4 Å². The maximum absolute atomic E-state index is 12.3. The van der Waals surface area contributed by atoms with Crippen LogP contribution in [0.4, 0.5) is 0 Å². The van der Waals surface area contributed by atoms with E-state index in [1.54, 1.807) is 10.9 Å². The average Bonchev–Trinajstić information content (AvgIpc) is 2.51. The van der Waals surface area contributed by atoms with Crippen LogP contribution in [0.25, 0.3) is 10.9 Å². The van der Waals surface area contributed by atoms with Gasteiger partial charge in [0.25, 0.3) is 5.56 Å². The topological polar surface area (TPSA) is 38.1 Å². The fourth-order valence-corrected chi connectivity index (χ4v) is 2.91. The molecule has 3 rings (SSSR count). The monoisotopic (exact) mass is 271 g/mol. The number of para-hydroxylation sites is 1. The zero-order valence-corrected chi connectivity index (χ0v) is 11.8. The van der Waals surface area contributed by atoms with Crippen LogP contribution in [0, 0.1) is 0 Å². The molecule has 1 aliphatic heterocycles. The summed E-state index contributed by atoms with van der Waals surface area (Å²) >= 11 is 0. The molecule has 20 heavy (non-hydrogen) atoms. The molecule has 0 spiro atoms. The Balaban J connectivity index is 1.65. The number of hydrogen-bond donors (Lipinski definition) is 0. The van der Waals surface area contributed by atoms with Crippen molar-refractivity contribution in [3.63, 3.8) is 0 Å². The first kappa shape index (κ1) is 13.3. The third-order valence-electron chi connectivity index (χ3n) is 4.05. The Hall–Kier alpha value is -1.68. The fourth-order valence-electron chi connectivity index (χ4n) is 2.91. The molecular weight excluding hydrogens is 250 g/mol. The molecule has 0 amide bonds. The van der Waals surface area contributed by atoms with Gasteiger partial charge in [-0.25, -0.2) is 4.98 Å². The zero-order valence-electron chi connectivity index (χ0n) is 11.8. The zero-order chi connectivity index (χ0) is 13.8. The standard InChI is InChI=1S/C16H21N3O/c20-16-14-7-2-3-8-15(14)17-13-19(16)12-6-11-18-9-4-1-5-10-18/h2-3,7-8,13H,1,4-6,9-12H2. The van der Waals surface area contributed by atoms with Gasteiger partial charge in [0.2, 0.25) is 0 Å². The van der Waals surface area contributed by atoms with E-state index in [0.717, 1.165) is 25.0 Å². The van der Waals surface area contributed by atoms with Gasteiger partial charge in [-0.05, 0) is 51.0 Å². The van der Waals surface area contributed by atoms with Crippen LogP contribution in [0.3, 0.4) is 0 Å². The summed E-state index contributed by atoms with van der Waals surface area (Å²) < 4.78 is 1.74. The number of likely N-dealkylation sites (tertiary alicyclic amines) is 1. The van der Waals surface area contributed by atoms with E-state index < -0.39 is 0 Å². The first-order valence-electron chi connectivity index (χ1n) is 7.51. The maximum atomic E-state index is 12.3. The fraction of sp³-hybridized carbons (Fsp3) is 0.500. The Morgan fingerprint density at radius 1 is 1.05 bits per heavy atom. The van der Waals surface area contributed by atoms with Crippen LogP contribution >= 0.6 is 0 Å². The number of aryl methyl sites for hydroxylation is 1. The molecule has 0 radical (unpaired) electrons. The molecule has 1 aromatic carbocycles. The normalized spacial score (nSPS) is 16.6. The van der Waals surface area contributed by atoms with Crippen molar-refractivity contribution in [3.8, 4) is 0 Å². The highest BCUT2D eigenvalue weighted by atomic mass is 16.1. The molecule has 0 atom stereocenters. The van der Waals surface area contributed by atoms with Gasteiger partial charge >= 0.3 is 0 Å². The summed E-state index contributed by atoms with van der Waals surface area (Å²) in [5.74, 6) is 0. The van der Waals surface area contributed by atoms with Crippen LogP contribution in [0.1, 0.15) is 25.7 Å². The molecule has 4 heteroatoms. The second kappa shape index (κ2) is 6.18. The summed E-state index contributed by atoms with van der Waals surface area (Å²) in [6, 6.07) is 7.54. The summed E-state index contributed by atoms with van der Waals surface area (Å²) in [6.45, 7) is 4.27. The van der Waals surface area contributed by atoms with Gasteiger partial charge in [0.15, 0.2) is 0 Å². The van der Waals surface area contributed by atoms with Crippen LogP contribution in [-0.2, 0) is 6.54 Å². The van der Waals surface area contributed by atoms with Gasteiger partial charge in [0.1, 0.15) is 0 Å². The lowest BCUT2D eigenvalue weighted by Crippen LogP contribution is -2.31. The first-order valence-corrected chi connectivity index (χ1v) is 7.51. The minimum atomic E-state index is 0.0780. The molecule has 0 bridgehead atoms. The number of hydrogen-bond acceptors (Lipinski definition) is 3. The van der Waals surface area contributed by atoms with Crippen molar-refractivity contribution in [2.45, 2.75) is 32.2 Å². The van der Waals surface area contributed by atoms with Gasteiger partial charge in [-0.1, -0.05) is 18.6 Å². The molecule has 2 heterocycles. The summed E-state index contributed by atoms with van der Waals surface area (Å²) in [7, 11) is 0. The Kier molecular flexibility index (Phi) is 4.11. The van der Waals surface area contributed by atoms with Crippen molar-refractivity contribution >= 4 is 10.9 Å². The quantitative estimate of drug-likeness (QED) is 0.856. The smallest absolute Gasteiger partial charge is 0.261 e. The van der Waals surface area contributed by atoms with Crippen LogP contribution in [0.5, 0.6) is 0 Å². The molecule has 2 aromatic rings. The number of aromatic nitrogens is 2. The molecular formula is C16H21N3O. The summed E-state index contributed by atoms with van der Waals surface area (Å²) in [6.07, 6.45) is 6.69. The Morgan fingerprint density at radius 2 is 1.85 bits per heavy atom. The van der Waals surface area contributed by atoms with Crippen molar-refractivity contribution in [2.24, 2.45) is 0 Å². The van der Waals surface area contributed by atoms with Gasteiger partial charge in [-0.3, -0.25) is 9.36 Å². The highest BCUT2D eigenvalue weighted by Crippen LogP contribution is 2.09. The lowest BCUT2D eigenvalue weighted by atomic mass is 10.1. The Labute approximate surface area is 119 Å². The summed E-state index contributed by atoms with van der Waals surface area (Å²) in [5.41, 5.74) is 0.860. The Bertz CT molecular complexity index is 629. The van der Waals surface area contributed by atoms with Crippen LogP contribution < -0.4 is 5.56 Å². The minimum absolute atomic E-state index is 0.0780. The van der Waals surface area contributed by atoms with Gasteiger partial charge in [0, 0.05) is 6.54 Å². The molecule has 4 nitrogen and oxygen atoms in total. The van der Waals surface area contributed by atoms with Gasteiger partial charge < -0.3 is 4.90 Å². The molecule has 106 valence electrons. The lowest BCUT2D eigenvalue weighted by molar-refractivity contribution is 0.222. The molecule has 0 unspecified atom stereocenters. The third-order valence-corrected chi connectivity index (χ3v) is 4.05. The van der Waals surface area contributed by atoms with Gasteiger partial charge in [0.05, 0.1) is 17.2 Å². The molecule has 0 aliphatic carbocycles. The SMILES string of the molecule is O=c1c2ccccc2ncn1CCCN1CCCCC1. The van der Waals surface area contributed by atoms with Crippen molar-refractivity contribution in [1.29, 1.82) is 0 Å². The van der Waals surface area contributed by atoms with Gasteiger partial charge in [-0.15, -0.1) is 0 Å². The second-order valence-electron chi connectivity index (χ2n) is 5.52. The van der Waals surface area contributed by atoms with E-state index in [1.165, 1.54) is 32.4 Å². The van der Waals surface area contributed by atoms with E-state index in [0.29, 0.717) is 5.39 Å². The Morgan fingerprint density at radius 3 is 2.70 bits per heavy atom. The lowest BCUT2D eigenvalue weighted by Gasteiger charge is -2.26. The van der Waals surface area contributed by atoms with E-state index in [2.05, 4.69) is 9.88 Å². The number of piperidine rings is 1. The number of fused-ring (bicyclic) bond motifs is 1. The van der Waals surface area contributed by atoms with E-state index in [9.17, 15) is 4.79 Å². The third kappa shape index (κ3) is 2.90. The minimum Gasteiger partial charge on any atom is -0.303 e. The van der Waals surface area contributed by atoms with E-state index in [4.69, 9.17) is 0 Å². The van der Waals surface area contributed by atoms with Crippen molar-refractivity contribution in [2.75, 3.05) is 19.6 Å². The van der Waals surface area contributed by atoms with Crippen molar-refractivity contribution < 1.29 is 0 Å². The molecule has 1 aliphatic rings. The van der Waals surface area contributed by atoms with E-state index in [-0.39, 0.29) is 5.56 Å². The van der Waals surface area contributed by atoms with Crippen molar-refractivity contribution in [1.82, 2.24) is 14.5 Å². The molecule has 1 fully saturated rings. The number of rotatable bonds is 4. The summed E-state index contributed by atoms with van der Waals surface area (Å²) in [4.78, 5) is 19.2. The molecule has 1 saturated heterocycles. The highest BCUT2D eigenvalue weighted by Gasteiger charge is 2.09. The summed E-state index contributed by atoms with van der Waals surface area (Å²) in [5, 5.41) is 0.716. The second-order valence-corrected chi connectivity index (χ2v) is 5.52. The highest BCUT2D eigenvalue weighted by molar-refractivity contribution is 5.76. The van der Waals surface area contributed by atoms with E-state index >= 15 is 0 Å². The van der Waals surface area contributed by atoms with Crippen LogP contribution in [0.2, 0.25) is 0 Å². The number of benzene rings is 1. The maximum Gasteiger partial charge on any atom is 0.261 e.